The minimum atomic E-state index is -0.914. The highest BCUT2D eigenvalue weighted by Crippen LogP contribution is 2.64. The molecule has 0 unspecified atom stereocenters. The van der Waals surface area contributed by atoms with Gasteiger partial charge in [0.1, 0.15) is 0 Å². The molecule has 4 heteroatoms. The molecule has 5 atom stereocenters. The SMILES string of the molecule is Cc1ccc(C)c([C@H]2Nc3c(C(=O)O)cc(Cl)cc3[C@H]3[C@H]4CC[C@H](C4)[C@@H]32)c1. The van der Waals surface area contributed by atoms with E-state index < -0.39 is 5.97 Å². The average molecular weight is 382 g/mol. The first-order valence-electron chi connectivity index (χ1n) is 9.84. The van der Waals surface area contributed by atoms with Gasteiger partial charge in [0.25, 0.3) is 0 Å². The number of carbonyl (C=O) groups is 1. The molecule has 0 radical (unpaired) electrons. The number of fused-ring (bicyclic) bond motifs is 7. The molecule has 0 aromatic heterocycles. The Bertz CT molecular complexity index is 954. The van der Waals surface area contributed by atoms with Gasteiger partial charge in [-0.05, 0) is 85.6 Å². The minimum Gasteiger partial charge on any atom is -0.478 e. The second-order valence-corrected chi connectivity index (χ2v) is 9.08. The van der Waals surface area contributed by atoms with Gasteiger partial charge < -0.3 is 10.4 Å². The summed E-state index contributed by atoms with van der Waals surface area (Å²) < 4.78 is 0. The summed E-state index contributed by atoms with van der Waals surface area (Å²) in [6.07, 6.45) is 3.79. The first kappa shape index (κ1) is 17.1. The monoisotopic (exact) mass is 381 g/mol. The van der Waals surface area contributed by atoms with Gasteiger partial charge in [-0.3, -0.25) is 0 Å². The fraction of sp³-hybridized carbons (Fsp3) is 0.435. The second-order valence-electron chi connectivity index (χ2n) is 8.64. The normalized spacial score (nSPS) is 30.6. The summed E-state index contributed by atoms with van der Waals surface area (Å²) in [5, 5.41) is 14.0. The number of aryl methyl sites for hydroxylation is 2. The van der Waals surface area contributed by atoms with Gasteiger partial charge in [-0.15, -0.1) is 0 Å². The molecule has 140 valence electrons. The highest BCUT2D eigenvalue weighted by atomic mass is 35.5. The van der Waals surface area contributed by atoms with Gasteiger partial charge in [0.15, 0.2) is 0 Å². The number of carboxylic acid groups (broad SMARTS) is 1. The lowest BCUT2D eigenvalue weighted by atomic mass is 9.67. The lowest BCUT2D eigenvalue weighted by Gasteiger charge is -2.44. The number of rotatable bonds is 2. The Morgan fingerprint density at radius 3 is 2.67 bits per heavy atom. The zero-order valence-corrected chi connectivity index (χ0v) is 16.4. The van der Waals surface area contributed by atoms with Crippen LogP contribution in [-0.2, 0) is 0 Å². The lowest BCUT2D eigenvalue weighted by molar-refractivity contribution is 0.0697. The molecular weight excluding hydrogens is 358 g/mol. The molecule has 2 bridgehead atoms. The van der Waals surface area contributed by atoms with Gasteiger partial charge in [0.2, 0.25) is 0 Å². The van der Waals surface area contributed by atoms with Crippen LogP contribution in [-0.4, -0.2) is 11.1 Å². The van der Waals surface area contributed by atoms with Crippen LogP contribution in [0.1, 0.15) is 63.8 Å². The van der Waals surface area contributed by atoms with Crippen LogP contribution in [0, 0.1) is 31.6 Å². The Hall–Kier alpha value is -2.00. The van der Waals surface area contributed by atoms with Crippen molar-refractivity contribution in [3.8, 4) is 0 Å². The van der Waals surface area contributed by atoms with E-state index in [1.165, 1.54) is 36.0 Å². The molecule has 0 amide bonds. The van der Waals surface area contributed by atoms with Crippen molar-refractivity contribution >= 4 is 23.3 Å². The van der Waals surface area contributed by atoms with Crippen molar-refractivity contribution in [1.29, 1.82) is 0 Å². The van der Waals surface area contributed by atoms with Crippen molar-refractivity contribution in [2.45, 2.75) is 45.1 Å². The van der Waals surface area contributed by atoms with Crippen LogP contribution in [0.2, 0.25) is 5.02 Å². The smallest absolute Gasteiger partial charge is 0.337 e. The molecule has 27 heavy (non-hydrogen) atoms. The highest BCUT2D eigenvalue weighted by molar-refractivity contribution is 6.31. The summed E-state index contributed by atoms with van der Waals surface area (Å²) in [7, 11) is 0. The first-order chi connectivity index (χ1) is 12.9. The first-order valence-corrected chi connectivity index (χ1v) is 10.2. The molecule has 0 spiro atoms. The Morgan fingerprint density at radius 1 is 1.11 bits per heavy atom. The van der Waals surface area contributed by atoms with Crippen molar-refractivity contribution in [3.05, 3.63) is 63.2 Å². The summed E-state index contributed by atoms with van der Waals surface area (Å²) >= 11 is 6.33. The Kier molecular flexibility index (Phi) is 3.80. The third-order valence-electron chi connectivity index (χ3n) is 7.16. The average Bonchev–Trinajstić information content (AvgIpc) is 3.25. The van der Waals surface area contributed by atoms with Crippen LogP contribution in [0.15, 0.2) is 30.3 Å². The van der Waals surface area contributed by atoms with Crippen molar-refractivity contribution in [1.82, 2.24) is 0 Å². The number of aromatic carboxylic acids is 1. The van der Waals surface area contributed by atoms with E-state index in [1.54, 1.807) is 6.07 Å². The van der Waals surface area contributed by atoms with Crippen molar-refractivity contribution in [2.75, 3.05) is 5.32 Å². The van der Waals surface area contributed by atoms with E-state index in [0.717, 1.165) is 11.3 Å². The number of halogens is 1. The van der Waals surface area contributed by atoms with Crippen LogP contribution in [0.5, 0.6) is 0 Å². The maximum atomic E-state index is 11.9. The van der Waals surface area contributed by atoms with Gasteiger partial charge in [-0.25, -0.2) is 4.79 Å². The zero-order chi connectivity index (χ0) is 18.9. The van der Waals surface area contributed by atoms with E-state index in [9.17, 15) is 9.90 Å². The standard InChI is InChI=1S/C23H24ClNO2/c1-11-3-4-12(2)16(7-11)22-20-14-6-5-13(8-14)19(20)17-9-15(24)10-18(23(26)27)21(17)25-22/h3-4,7,9-10,13-14,19-20,22,25H,5-6,8H2,1-2H3,(H,26,27)/t13-,14+,19+,20-,22+/m0/s1. The van der Waals surface area contributed by atoms with Crippen molar-refractivity contribution in [2.24, 2.45) is 17.8 Å². The van der Waals surface area contributed by atoms with E-state index in [1.807, 2.05) is 6.07 Å². The maximum Gasteiger partial charge on any atom is 0.337 e. The molecule has 1 aliphatic heterocycles. The number of carboxylic acids is 1. The molecule has 2 saturated carbocycles. The van der Waals surface area contributed by atoms with E-state index in [2.05, 4.69) is 37.4 Å². The summed E-state index contributed by atoms with van der Waals surface area (Å²) in [6, 6.07) is 10.4. The van der Waals surface area contributed by atoms with Crippen molar-refractivity contribution in [3.63, 3.8) is 0 Å². The Labute approximate surface area is 164 Å². The molecule has 2 aromatic rings. The molecule has 5 rings (SSSR count). The van der Waals surface area contributed by atoms with Gasteiger partial charge in [0, 0.05) is 5.02 Å². The van der Waals surface area contributed by atoms with Crippen LogP contribution in [0.3, 0.4) is 0 Å². The molecule has 2 aliphatic carbocycles. The molecule has 2 aromatic carbocycles. The van der Waals surface area contributed by atoms with E-state index >= 15 is 0 Å². The molecule has 0 saturated heterocycles. The zero-order valence-electron chi connectivity index (χ0n) is 15.6. The van der Waals surface area contributed by atoms with Crippen LogP contribution < -0.4 is 5.32 Å². The van der Waals surface area contributed by atoms with E-state index in [-0.39, 0.29) is 6.04 Å². The Balaban J connectivity index is 1.72. The number of hydrogen-bond donors (Lipinski definition) is 2. The van der Waals surface area contributed by atoms with Gasteiger partial charge in [-0.1, -0.05) is 35.4 Å². The van der Waals surface area contributed by atoms with Crippen LogP contribution >= 0.6 is 11.6 Å². The number of nitrogens with one attached hydrogen (secondary N) is 1. The largest absolute Gasteiger partial charge is 0.478 e. The summed E-state index contributed by atoms with van der Waals surface area (Å²) in [5.74, 6) is 1.35. The second kappa shape index (κ2) is 6.00. The van der Waals surface area contributed by atoms with E-state index in [4.69, 9.17) is 11.6 Å². The maximum absolute atomic E-state index is 11.9. The highest BCUT2D eigenvalue weighted by Gasteiger charge is 2.54. The molecule has 1 heterocycles. The number of hydrogen-bond acceptors (Lipinski definition) is 2. The topological polar surface area (TPSA) is 49.3 Å². The predicted molar refractivity (Wildman–Crippen MR) is 108 cm³/mol. The fourth-order valence-corrected chi connectivity index (χ4v) is 6.36. The number of anilines is 1. The number of benzene rings is 2. The fourth-order valence-electron chi connectivity index (χ4n) is 6.13. The summed E-state index contributed by atoms with van der Waals surface area (Å²) in [5.41, 5.74) is 6.04. The summed E-state index contributed by atoms with van der Waals surface area (Å²) in [6.45, 7) is 4.29. The molecule has 2 N–H and O–H groups in total. The van der Waals surface area contributed by atoms with Gasteiger partial charge in [-0.2, -0.15) is 0 Å². The minimum absolute atomic E-state index is 0.164. The van der Waals surface area contributed by atoms with Crippen molar-refractivity contribution < 1.29 is 9.90 Å². The third-order valence-corrected chi connectivity index (χ3v) is 7.38. The molecule has 2 fully saturated rings. The lowest BCUT2D eigenvalue weighted by Crippen LogP contribution is -2.36. The summed E-state index contributed by atoms with van der Waals surface area (Å²) in [4.78, 5) is 11.9. The van der Waals surface area contributed by atoms with Gasteiger partial charge >= 0.3 is 5.97 Å². The quantitative estimate of drug-likeness (QED) is 0.675. The molecule has 3 aliphatic rings. The van der Waals surface area contributed by atoms with Crippen LogP contribution in [0.4, 0.5) is 5.69 Å². The predicted octanol–water partition coefficient (Wildman–Crippen LogP) is 5.95. The molecule has 3 nitrogen and oxygen atoms in total. The third kappa shape index (κ3) is 2.51. The molecular formula is C23H24ClNO2. The Morgan fingerprint density at radius 2 is 1.89 bits per heavy atom. The van der Waals surface area contributed by atoms with Crippen LogP contribution in [0.25, 0.3) is 0 Å². The van der Waals surface area contributed by atoms with E-state index in [0.29, 0.717) is 34.3 Å². The van der Waals surface area contributed by atoms with Gasteiger partial charge in [0.05, 0.1) is 17.3 Å².